The van der Waals surface area contributed by atoms with E-state index in [1.165, 1.54) is 35.5 Å². The maximum Gasteiger partial charge on any atom is 0.253 e. The Balaban J connectivity index is 1.27. The highest BCUT2D eigenvalue weighted by atomic mass is 32.2. The summed E-state index contributed by atoms with van der Waals surface area (Å²) in [5, 5.41) is 2.80. The van der Waals surface area contributed by atoms with Gasteiger partial charge < -0.3 is 14.8 Å². The number of imide groups is 1. The van der Waals surface area contributed by atoms with Crippen molar-refractivity contribution in [3.8, 4) is 0 Å². The summed E-state index contributed by atoms with van der Waals surface area (Å²) < 4.78 is 37.7. The number of benzene rings is 2. The van der Waals surface area contributed by atoms with Crippen molar-refractivity contribution in [2.75, 3.05) is 31.1 Å². The van der Waals surface area contributed by atoms with Crippen LogP contribution in [0.25, 0.3) is 0 Å². The molecule has 0 bridgehead atoms. The number of amides is 3. The van der Waals surface area contributed by atoms with E-state index in [-0.39, 0.29) is 41.1 Å². The van der Waals surface area contributed by atoms with Crippen LogP contribution in [0.15, 0.2) is 83.4 Å². The van der Waals surface area contributed by atoms with Gasteiger partial charge in [0.15, 0.2) is 5.71 Å². The molecule has 48 heavy (non-hydrogen) atoms. The van der Waals surface area contributed by atoms with Gasteiger partial charge >= 0.3 is 0 Å². The van der Waals surface area contributed by atoms with Gasteiger partial charge in [-0.15, -0.1) is 0 Å². The monoisotopic (exact) mass is 672 g/mol. The molecule has 2 aromatic rings. The maximum atomic E-state index is 12.4. The van der Waals surface area contributed by atoms with Crippen molar-refractivity contribution in [1.82, 2.24) is 10.2 Å². The number of carbonyl (C=O) groups excluding carboxylic acids is 3. The Labute approximate surface area is 283 Å². The molecule has 0 spiro atoms. The molecular weight excluding hydrogens is 628 g/mol. The van der Waals surface area contributed by atoms with Crippen LogP contribution >= 0.6 is 0 Å². The fraction of sp³-hybridized carbons (Fsp3) is 0.405. The minimum atomic E-state index is -4.57. The highest BCUT2D eigenvalue weighted by Gasteiger charge is 2.44. The highest BCUT2D eigenvalue weighted by Crippen LogP contribution is 2.48. The lowest BCUT2D eigenvalue weighted by molar-refractivity contribution is -0.438. The van der Waals surface area contributed by atoms with Gasteiger partial charge in [0, 0.05) is 79.1 Å². The zero-order valence-corrected chi connectivity index (χ0v) is 29.1. The summed E-state index contributed by atoms with van der Waals surface area (Å²) in [4.78, 5) is 38.8. The second-order valence-corrected chi connectivity index (χ2v) is 14.8. The van der Waals surface area contributed by atoms with E-state index in [2.05, 4.69) is 72.0 Å². The predicted octanol–water partition coefficient (Wildman–Crippen LogP) is 4.83. The molecule has 0 unspecified atom stereocenters. The van der Waals surface area contributed by atoms with Gasteiger partial charge in [-0.3, -0.25) is 19.3 Å². The zero-order chi connectivity index (χ0) is 34.9. The molecule has 3 aliphatic rings. The third-order valence-electron chi connectivity index (χ3n) is 9.62. The average molecular weight is 673 g/mol. The third kappa shape index (κ3) is 6.79. The topological polar surface area (TPSA) is 130 Å². The van der Waals surface area contributed by atoms with Crippen LogP contribution in [0.3, 0.4) is 0 Å². The molecule has 0 fully saturated rings. The molecule has 3 amide bonds. The number of fused-ring (bicyclic) bond motifs is 2. The Morgan fingerprint density at radius 3 is 2.33 bits per heavy atom. The Bertz CT molecular complexity index is 1850. The number of hydrogen-bond donors (Lipinski definition) is 1. The van der Waals surface area contributed by atoms with E-state index in [9.17, 15) is 27.4 Å². The van der Waals surface area contributed by atoms with Crippen LogP contribution in [-0.2, 0) is 35.3 Å². The summed E-state index contributed by atoms with van der Waals surface area (Å²) in [6.07, 6.45) is 11.6. The largest absolute Gasteiger partial charge is 0.744 e. The van der Waals surface area contributed by atoms with E-state index in [1.807, 2.05) is 19.9 Å². The summed E-state index contributed by atoms with van der Waals surface area (Å²) in [7, 11) is -4.57. The quantitative estimate of drug-likeness (QED) is 0.140. The first-order valence-corrected chi connectivity index (χ1v) is 17.9. The molecule has 1 N–H and O–H groups in total. The Hall–Kier alpha value is -4.35. The Morgan fingerprint density at radius 2 is 1.65 bits per heavy atom. The van der Waals surface area contributed by atoms with Gasteiger partial charge in [0.05, 0.1) is 10.3 Å². The molecule has 0 atom stereocenters. The maximum absolute atomic E-state index is 12.4. The molecule has 0 saturated heterocycles. The van der Waals surface area contributed by atoms with Crippen LogP contribution < -0.4 is 10.2 Å². The number of para-hydroxylation sites is 1. The van der Waals surface area contributed by atoms with Crippen molar-refractivity contribution in [2.24, 2.45) is 0 Å². The summed E-state index contributed by atoms with van der Waals surface area (Å²) in [6.45, 7) is 12.5. The van der Waals surface area contributed by atoms with Crippen LogP contribution in [0.1, 0.15) is 71.4 Å². The molecule has 2 aromatic carbocycles. The first-order valence-electron chi connectivity index (χ1n) is 16.5. The lowest BCUT2D eigenvalue weighted by Crippen LogP contribution is -2.38. The lowest BCUT2D eigenvalue weighted by atomic mass is 9.81. The molecule has 3 heterocycles. The lowest BCUT2D eigenvalue weighted by Gasteiger charge is -2.25. The molecule has 0 aromatic heterocycles. The summed E-state index contributed by atoms with van der Waals surface area (Å²) in [5.41, 5.74) is 5.56. The van der Waals surface area contributed by atoms with E-state index in [4.69, 9.17) is 0 Å². The van der Waals surface area contributed by atoms with E-state index in [0.717, 1.165) is 53.4 Å². The van der Waals surface area contributed by atoms with Gasteiger partial charge in [-0.1, -0.05) is 38.1 Å². The molecule has 5 rings (SSSR count). The van der Waals surface area contributed by atoms with Gasteiger partial charge in [-0.2, -0.15) is 4.58 Å². The summed E-state index contributed by atoms with van der Waals surface area (Å²) in [6, 6.07) is 13.0. The highest BCUT2D eigenvalue weighted by molar-refractivity contribution is 7.85. The van der Waals surface area contributed by atoms with Crippen LogP contribution in [-0.4, -0.2) is 72.1 Å². The van der Waals surface area contributed by atoms with Crippen molar-refractivity contribution in [3.05, 3.63) is 89.7 Å². The second-order valence-electron chi connectivity index (χ2n) is 13.4. The second kappa shape index (κ2) is 13.6. The zero-order valence-electron chi connectivity index (χ0n) is 28.3. The SMILES string of the molecule is CCN1/C(=C/C=C/C2=[N+](CCCCCC(=O)NCCN3C(=O)C=CC3=O)c3ccccc3C2(C)C)C(C)(C)c2cc(S(=O)(=O)[O-])ccc21. The van der Waals surface area contributed by atoms with Gasteiger partial charge in [0.25, 0.3) is 11.8 Å². The van der Waals surface area contributed by atoms with Crippen molar-refractivity contribution in [3.63, 3.8) is 0 Å². The number of nitrogens with one attached hydrogen (secondary N) is 1. The fourth-order valence-electron chi connectivity index (χ4n) is 7.04. The van der Waals surface area contributed by atoms with E-state index in [0.29, 0.717) is 13.0 Å². The number of anilines is 1. The smallest absolute Gasteiger partial charge is 0.253 e. The number of nitrogens with zero attached hydrogens (tertiary/aromatic N) is 3. The summed E-state index contributed by atoms with van der Waals surface area (Å²) >= 11 is 0. The molecule has 0 saturated carbocycles. The van der Waals surface area contributed by atoms with E-state index < -0.39 is 15.5 Å². The molecule has 0 radical (unpaired) electrons. The van der Waals surface area contributed by atoms with Crippen molar-refractivity contribution < 1.29 is 31.9 Å². The molecular formula is C37H44N4O6S. The molecule has 11 heteroatoms. The summed E-state index contributed by atoms with van der Waals surface area (Å²) in [5.74, 6) is -0.800. The Morgan fingerprint density at radius 1 is 0.938 bits per heavy atom. The van der Waals surface area contributed by atoms with Gasteiger partial charge in [-0.25, -0.2) is 8.42 Å². The molecule has 10 nitrogen and oxygen atoms in total. The number of hydrogen-bond acceptors (Lipinski definition) is 7. The average Bonchev–Trinajstić information content (AvgIpc) is 3.55. The minimum absolute atomic E-state index is 0.0954. The number of likely N-dealkylation sites (N-methyl/N-ethyl adjacent to an activating group) is 1. The van der Waals surface area contributed by atoms with E-state index in [1.54, 1.807) is 6.07 Å². The van der Waals surface area contributed by atoms with Gasteiger partial charge in [-0.05, 0) is 63.5 Å². The first-order chi connectivity index (χ1) is 22.7. The fourth-order valence-corrected chi connectivity index (χ4v) is 7.54. The third-order valence-corrected chi connectivity index (χ3v) is 10.5. The standard InChI is InChI=1S/C37H44N4O6S/c1-6-39-30-19-18-26(48(45,46)47)25-28(30)37(4,5)31(39)15-12-16-32-36(2,3)27-13-9-10-14-29(27)40(32)23-11-7-8-17-33(42)38-22-24-41-34(43)20-21-35(41)44/h9-10,12-16,18-21,25H,6-8,11,17,22-24H2,1-5H3,(H-,38,42,45,46,47). The van der Waals surface area contributed by atoms with Gasteiger partial charge in [0.2, 0.25) is 11.6 Å². The molecule has 3 aliphatic heterocycles. The number of unbranched alkanes of at least 4 members (excludes halogenated alkanes) is 2. The number of rotatable bonds is 13. The minimum Gasteiger partial charge on any atom is -0.744 e. The van der Waals surface area contributed by atoms with E-state index >= 15 is 0 Å². The molecule has 254 valence electrons. The van der Waals surface area contributed by atoms with Crippen molar-refractivity contribution in [1.29, 1.82) is 0 Å². The normalized spacial score (nSPS) is 18.8. The van der Waals surface area contributed by atoms with Crippen molar-refractivity contribution >= 4 is 44.9 Å². The van der Waals surface area contributed by atoms with Gasteiger partial charge in [0.1, 0.15) is 16.7 Å². The van der Waals surface area contributed by atoms with Crippen LogP contribution in [0.5, 0.6) is 0 Å². The Kier molecular flexibility index (Phi) is 9.94. The number of allylic oxidation sites excluding steroid dienone is 4. The number of carbonyl (C=O) groups is 3. The van der Waals surface area contributed by atoms with Crippen LogP contribution in [0.4, 0.5) is 11.4 Å². The van der Waals surface area contributed by atoms with Crippen LogP contribution in [0.2, 0.25) is 0 Å². The predicted molar refractivity (Wildman–Crippen MR) is 184 cm³/mol. The first kappa shape index (κ1) is 35.0. The van der Waals surface area contributed by atoms with Crippen molar-refractivity contribution in [2.45, 2.75) is 76.0 Å². The molecule has 0 aliphatic carbocycles. The van der Waals surface area contributed by atoms with Crippen LogP contribution in [0, 0.1) is 0 Å².